The van der Waals surface area contributed by atoms with E-state index in [1.807, 2.05) is 0 Å². The Morgan fingerprint density at radius 3 is 2.24 bits per heavy atom. The lowest BCUT2D eigenvalue weighted by Crippen LogP contribution is -2.33. The molecule has 34 heavy (non-hydrogen) atoms. The summed E-state index contributed by atoms with van der Waals surface area (Å²) in [5, 5.41) is 1.97. The van der Waals surface area contributed by atoms with E-state index in [0.717, 1.165) is 16.2 Å². The molecule has 3 rings (SSSR count). The fourth-order valence-corrected chi connectivity index (χ4v) is 5.19. The van der Waals surface area contributed by atoms with Crippen LogP contribution < -0.4 is 10.9 Å². The third kappa shape index (κ3) is 5.18. The first kappa shape index (κ1) is 25.5. The monoisotopic (exact) mass is 512 g/mol. The van der Waals surface area contributed by atoms with Gasteiger partial charge in [0.15, 0.2) is 0 Å². The Balaban J connectivity index is 2.01. The van der Waals surface area contributed by atoms with Crippen molar-refractivity contribution in [3.05, 3.63) is 86.3 Å². The predicted molar refractivity (Wildman–Crippen MR) is 122 cm³/mol. The highest BCUT2D eigenvalue weighted by molar-refractivity contribution is 7.91. The lowest BCUT2D eigenvalue weighted by atomic mass is 10.1. The number of hydrogen-bond donors (Lipinski definition) is 1. The summed E-state index contributed by atoms with van der Waals surface area (Å²) in [6, 6.07) is 10.2. The Morgan fingerprint density at radius 2 is 1.65 bits per heavy atom. The summed E-state index contributed by atoms with van der Waals surface area (Å²) in [6.07, 6.45) is -4.78. The zero-order chi connectivity index (χ0) is 25.4. The van der Waals surface area contributed by atoms with E-state index in [2.05, 4.69) is 5.32 Å². The molecule has 0 spiro atoms. The van der Waals surface area contributed by atoms with Gasteiger partial charge in [-0.3, -0.25) is 9.59 Å². The van der Waals surface area contributed by atoms with E-state index in [-0.39, 0.29) is 21.2 Å². The number of sulfone groups is 1. The summed E-state index contributed by atoms with van der Waals surface area (Å²) in [6.45, 7) is 4.04. The molecule has 0 aliphatic heterocycles. The van der Waals surface area contributed by atoms with Gasteiger partial charge in [-0.05, 0) is 62.7 Å². The summed E-state index contributed by atoms with van der Waals surface area (Å²) in [5.74, 6) is -0.944. The summed E-state index contributed by atoms with van der Waals surface area (Å²) in [4.78, 5) is 25.2. The summed E-state index contributed by atoms with van der Waals surface area (Å²) in [5.41, 5.74) is -1.34. The maximum absolute atomic E-state index is 13.3. The predicted octanol–water partition coefficient (Wildman–Crippen LogP) is 4.92. The first-order valence-corrected chi connectivity index (χ1v) is 11.8. The van der Waals surface area contributed by atoms with Crippen LogP contribution in [-0.4, -0.2) is 18.9 Å². The Bertz CT molecular complexity index is 1430. The van der Waals surface area contributed by atoms with Crippen molar-refractivity contribution in [1.29, 1.82) is 0 Å². The quantitative estimate of drug-likeness (QED) is 0.526. The number of anilines is 1. The standard InChI is InChI=1S/C23H20ClF3N2O4S/c1-13-4-7-17(8-5-13)34(32,33)21-14(2)10-15(3)29(22(21)31)12-20(30)28-19-9-6-16(24)11-18(19)23(25,26)27/h4-11H,12H2,1-3H3,(H,28,30). The summed E-state index contributed by atoms with van der Waals surface area (Å²) >= 11 is 5.65. The van der Waals surface area contributed by atoms with Gasteiger partial charge < -0.3 is 9.88 Å². The first-order chi connectivity index (χ1) is 15.7. The van der Waals surface area contributed by atoms with Crippen molar-refractivity contribution >= 4 is 33.0 Å². The molecule has 0 saturated heterocycles. The highest BCUT2D eigenvalue weighted by Crippen LogP contribution is 2.36. The minimum absolute atomic E-state index is 0.0888. The normalized spacial score (nSPS) is 12.0. The highest BCUT2D eigenvalue weighted by atomic mass is 35.5. The molecule has 180 valence electrons. The second-order valence-electron chi connectivity index (χ2n) is 7.74. The average Bonchev–Trinajstić information content (AvgIpc) is 2.71. The number of hydrogen-bond acceptors (Lipinski definition) is 4. The van der Waals surface area contributed by atoms with E-state index in [1.165, 1.54) is 38.1 Å². The van der Waals surface area contributed by atoms with Crippen LogP contribution in [0.5, 0.6) is 0 Å². The minimum atomic E-state index is -4.78. The van der Waals surface area contributed by atoms with E-state index in [0.29, 0.717) is 6.07 Å². The van der Waals surface area contributed by atoms with Gasteiger partial charge in [-0.15, -0.1) is 0 Å². The van der Waals surface area contributed by atoms with Crippen LogP contribution in [0.2, 0.25) is 5.02 Å². The second kappa shape index (κ2) is 9.27. The number of pyridine rings is 1. The van der Waals surface area contributed by atoms with E-state index in [1.54, 1.807) is 19.1 Å². The fourth-order valence-electron chi connectivity index (χ4n) is 3.46. The van der Waals surface area contributed by atoms with Crippen LogP contribution in [0.15, 0.2) is 63.1 Å². The number of nitrogens with one attached hydrogen (secondary N) is 1. The SMILES string of the molecule is Cc1ccc(S(=O)(=O)c2c(C)cc(C)n(CC(=O)Nc3ccc(Cl)cc3C(F)(F)F)c2=O)cc1. The van der Waals surface area contributed by atoms with Gasteiger partial charge in [0.25, 0.3) is 5.56 Å². The molecule has 0 bridgehead atoms. The molecule has 0 saturated carbocycles. The van der Waals surface area contributed by atoms with Gasteiger partial charge in [-0.25, -0.2) is 8.42 Å². The van der Waals surface area contributed by atoms with Crippen LogP contribution in [0.4, 0.5) is 18.9 Å². The Morgan fingerprint density at radius 1 is 1.03 bits per heavy atom. The lowest BCUT2D eigenvalue weighted by Gasteiger charge is -2.17. The number of aromatic nitrogens is 1. The Kier molecular flexibility index (Phi) is 6.95. The number of carbonyl (C=O) groups is 1. The third-order valence-corrected chi connectivity index (χ3v) is 7.27. The summed E-state index contributed by atoms with van der Waals surface area (Å²) in [7, 11) is -4.21. The van der Waals surface area contributed by atoms with E-state index in [9.17, 15) is 31.2 Å². The molecule has 0 fully saturated rings. The Labute approximate surface area is 198 Å². The molecule has 11 heteroatoms. The number of rotatable bonds is 5. The number of halogens is 4. The summed E-state index contributed by atoms with van der Waals surface area (Å²) < 4.78 is 67.2. The van der Waals surface area contributed by atoms with Crippen molar-refractivity contribution in [3.63, 3.8) is 0 Å². The third-order valence-electron chi connectivity index (χ3n) is 5.11. The van der Waals surface area contributed by atoms with Gasteiger partial charge in [0.05, 0.1) is 16.1 Å². The first-order valence-electron chi connectivity index (χ1n) is 9.91. The molecular weight excluding hydrogens is 493 g/mol. The zero-order valence-electron chi connectivity index (χ0n) is 18.3. The van der Waals surface area contributed by atoms with Gasteiger partial charge in [0, 0.05) is 10.7 Å². The maximum atomic E-state index is 13.3. The number of benzene rings is 2. The molecule has 1 aromatic heterocycles. The largest absolute Gasteiger partial charge is 0.418 e. The molecule has 0 unspecified atom stereocenters. The van der Waals surface area contributed by atoms with Crippen LogP contribution in [0.1, 0.15) is 22.4 Å². The Hall–Kier alpha value is -3.11. The van der Waals surface area contributed by atoms with Crippen LogP contribution in [0.3, 0.4) is 0 Å². The van der Waals surface area contributed by atoms with Gasteiger partial charge in [-0.1, -0.05) is 29.3 Å². The van der Waals surface area contributed by atoms with Crippen molar-refractivity contribution in [2.24, 2.45) is 0 Å². The minimum Gasteiger partial charge on any atom is -0.324 e. The molecule has 0 aliphatic carbocycles. The zero-order valence-corrected chi connectivity index (χ0v) is 19.9. The van der Waals surface area contributed by atoms with Crippen molar-refractivity contribution in [2.45, 2.75) is 43.3 Å². The molecule has 6 nitrogen and oxygen atoms in total. The van der Waals surface area contributed by atoms with E-state index in [4.69, 9.17) is 11.6 Å². The molecule has 1 heterocycles. The van der Waals surface area contributed by atoms with Crippen molar-refractivity contribution in [3.8, 4) is 0 Å². The highest BCUT2D eigenvalue weighted by Gasteiger charge is 2.34. The topological polar surface area (TPSA) is 85.2 Å². The van der Waals surface area contributed by atoms with Crippen LogP contribution >= 0.6 is 11.6 Å². The lowest BCUT2D eigenvalue weighted by molar-refractivity contribution is -0.137. The number of carbonyl (C=O) groups excluding carboxylic acids is 1. The van der Waals surface area contributed by atoms with Crippen LogP contribution in [-0.2, 0) is 27.4 Å². The second-order valence-corrected chi connectivity index (χ2v) is 10.1. The smallest absolute Gasteiger partial charge is 0.324 e. The van der Waals surface area contributed by atoms with Crippen molar-refractivity contribution in [2.75, 3.05) is 5.32 Å². The molecule has 1 amide bonds. The van der Waals surface area contributed by atoms with E-state index >= 15 is 0 Å². The molecule has 0 aliphatic rings. The van der Waals surface area contributed by atoms with Gasteiger partial charge in [-0.2, -0.15) is 13.2 Å². The van der Waals surface area contributed by atoms with Crippen molar-refractivity contribution < 1.29 is 26.4 Å². The molecular formula is C23H20ClF3N2O4S. The molecule has 3 aromatic rings. The number of nitrogens with zero attached hydrogens (tertiary/aromatic N) is 1. The van der Waals surface area contributed by atoms with Crippen LogP contribution in [0.25, 0.3) is 0 Å². The van der Waals surface area contributed by atoms with Crippen LogP contribution in [0, 0.1) is 20.8 Å². The molecule has 0 radical (unpaired) electrons. The number of amides is 1. The number of alkyl halides is 3. The average molecular weight is 513 g/mol. The van der Waals surface area contributed by atoms with Crippen molar-refractivity contribution in [1.82, 2.24) is 4.57 Å². The van der Waals surface area contributed by atoms with Gasteiger partial charge in [0.2, 0.25) is 15.7 Å². The van der Waals surface area contributed by atoms with Gasteiger partial charge >= 0.3 is 6.18 Å². The molecule has 1 N–H and O–H groups in total. The number of aryl methyl sites for hydroxylation is 3. The fraction of sp³-hybridized carbons (Fsp3) is 0.217. The molecule has 2 aromatic carbocycles. The van der Waals surface area contributed by atoms with Gasteiger partial charge in [0.1, 0.15) is 11.4 Å². The van der Waals surface area contributed by atoms with E-state index < -0.39 is 50.2 Å². The maximum Gasteiger partial charge on any atom is 0.418 e. The molecule has 0 atom stereocenters.